The first-order chi connectivity index (χ1) is 19.3. The summed E-state index contributed by atoms with van der Waals surface area (Å²) in [6.07, 6.45) is -0.684. The molecule has 0 aliphatic carbocycles. The number of nitrogens with zero attached hydrogens (tertiary/aromatic N) is 4. The van der Waals surface area contributed by atoms with Crippen LogP contribution in [-0.2, 0) is 0 Å². The van der Waals surface area contributed by atoms with Crippen LogP contribution in [0.15, 0.2) is 72.8 Å². The van der Waals surface area contributed by atoms with Gasteiger partial charge in [0, 0.05) is 50.5 Å². The van der Waals surface area contributed by atoms with E-state index < -0.39 is 6.10 Å². The molecule has 1 aliphatic rings. The Morgan fingerprint density at radius 2 is 1.60 bits per heavy atom. The second kappa shape index (κ2) is 12.3. The summed E-state index contributed by atoms with van der Waals surface area (Å²) in [6.45, 7) is 10.4. The van der Waals surface area contributed by atoms with Crippen LogP contribution in [0.3, 0.4) is 0 Å². The van der Waals surface area contributed by atoms with Crippen molar-refractivity contribution in [3.8, 4) is 17.1 Å². The quantitative estimate of drug-likeness (QED) is 0.318. The van der Waals surface area contributed by atoms with Crippen LogP contribution in [0.4, 0.5) is 5.69 Å². The van der Waals surface area contributed by atoms with Crippen molar-refractivity contribution in [2.45, 2.75) is 26.9 Å². The molecular formula is C32H36ClN5O2. The normalized spacial score (nSPS) is 14.8. The summed E-state index contributed by atoms with van der Waals surface area (Å²) in [4.78, 5) is 22.7. The minimum Gasteiger partial charge on any atom is -0.390 e. The third-order valence-electron chi connectivity index (χ3n) is 7.70. The molecule has 0 radical (unpaired) electrons. The van der Waals surface area contributed by atoms with E-state index in [0.29, 0.717) is 28.8 Å². The summed E-state index contributed by atoms with van der Waals surface area (Å²) in [5, 5.41) is 14.2. The van der Waals surface area contributed by atoms with Gasteiger partial charge >= 0.3 is 0 Å². The maximum Gasteiger partial charge on any atom is 0.271 e. The zero-order valence-corrected chi connectivity index (χ0v) is 24.0. The molecule has 1 fully saturated rings. The van der Waals surface area contributed by atoms with E-state index in [-0.39, 0.29) is 12.5 Å². The number of aromatic nitrogens is 2. The fourth-order valence-corrected chi connectivity index (χ4v) is 5.55. The van der Waals surface area contributed by atoms with E-state index in [9.17, 15) is 9.90 Å². The lowest BCUT2D eigenvalue weighted by molar-refractivity contribution is 0.0847. The molecule has 0 bridgehead atoms. The molecular weight excluding hydrogens is 522 g/mol. The molecule has 1 aliphatic heterocycles. The number of imidazole rings is 1. The fraction of sp³-hybridized carbons (Fsp3) is 0.312. The SMILES string of the molecule is Cc1cccc(N2CCN(CC(O)CNC(=O)c3nc(-c4ccccc4)n(-c4ccccc4Cl)c3C)CC2)c1C. The molecule has 0 saturated carbocycles. The molecule has 2 N–H and O–H groups in total. The van der Waals surface area contributed by atoms with E-state index in [4.69, 9.17) is 16.6 Å². The highest BCUT2D eigenvalue weighted by atomic mass is 35.5. The van der Waals surface area contributed by atoms with E-state index >= 15 is 0 Å². The average molecular weight is 558 g/mol. The van der Waals surface area contributed by atoms with Crippen LogP contribution in [-0.4, -0.2) is 70.8 Å². The van der Waals surface area contributed by atoms with Crippen molar-refractivity contribution >= 4 is 23.2 Å². The van der Waals surface area contributed by atoms with Crippen LogP contribution in [0.5, 0.6) is 0 Å². The Bertz CT molecular complexity index is 1480. The minimum atomic E-state index is -0.684. The zero-order valence-electron chi connectivity index (χ0n) is 23.3. The molecule has 2 heterocycles. The standard InChI is InChI=1S/C32H36ClN5O2/c1-22-10-9-15-28(23(22)2)37-18-16-36(17-19-37)21-26(39)20-34-32(40)30-24(3)38(29-14-8-7-13-27(29)33)31(35-30)25-11-5-4-6-12-25/h4-15,26,39H,16-21H2,1-3H3,(H,34,40). The summed E-state index contributed by atoms with van der Waals surface area (Å²) in [6, 6.07) is 23.7. The summed E-state index contributed by atoms with van der Waals surface area (Å²) in [7, 11) is 0. The Kier molecular flexibility index (Phi) is 8.54. The number of para-hydroxylation sites is 1. The van der Waals surface area contributed by atoms with Crippen molar-refractivity contribution in [3.63, 3.8) is 0 Å². The van der Waals surface area contributed by atoms with Crippen molar-refractivity contribution in [1.82, 2.24) is 19.8 Å². The molecule has 4 aromatic rings. The number of hydrogen-bond acceptors (Lipinski definition) is 5. The van der Waals surface area contributed by atoms with Gasteiger partial charge in [-0.25, -0.2) is 4.98 Å². The number of rotatable bonds is 8. The fourth-order valence-electron chi connectivity index (χ4n) is 5.33. The zero-order chi connectivity index (χ0) is 28.2. The molecule has 7 nitrogen and oxygen atoms in total. The Labute approximate surface area is 241 Å². The number of aliphatic hydroxyl groups is 1. The van der Waals surface area contributed by atoms with Gasteiger partial charge in [-0.3, -0.25) is 14.3 Å². The largest absolute Gasteiger partial charge is 0.390 e. The van der Waals surface area contributed by atoms with Crippen LogP contribution in [0.2, 0.25) is 5.02 Å². The second-order valence-corrected chi connectivity index (χ2v) is 10.8. The molecule has 3 aromatic carbocycles. The number of hydrogen-bond donors (Lipinski definition) is 2. The van der Waals surface area contributed by atoms with Gasteiger partial charge < -0.3 is 15.3 Å². The number of carbonyl (C=O) groups excluding carboxylic acids is 1. The molecule has 1 aromatic heterocycles. The summed E-state index contributed by atoms with van der Waals surface area (Å²) < 4.78 is 1.92. The van der Waals surface area contributed by atoms with E-state index in [2.05, 4.69) is 47.2 Å². The lowest BCUT2D eigenvalue weighted by Gasteiger charge is -2.37. The van der Waals surface area contributed by atoms with Gasteiger partial charge in [-0.2, -0.15) is 0 Å². The number of benzene rings is 3. The molecule has 0 spiro atoms. The van der Waals surface area contributed by atoms with Crippen LogP contribution < -0.4 is 10.2 Å². The van der Waals surface area contributed by atoms with Gasteiger partial charge in [0.25, 0.3) is 5.91 Å². The van der Waals surface area contributed by atoms with Crippen molar-refractivity contribution in [1.29, 1.82) is 0 Å². The molecule has 1 atom stereocenters. The molecule has 1 saturated heterocycles. The number of β-amino-alcohol motifs (C(OH)–C–C–N with tert-alkyl or cyclic N) is 1. The van der Waals surface area contributed by atoms with E-state index in [1.807, 2.05) is 66.1 Å². The monoisotopic (exact) mass is 557 g/mol. The molecule has 40 heavy (non-hydrogen) atoms. The average Bonchev–Trinajstić information content (AvgIpc) is 3.31. The van der Waals surface area contributed by atoms with E-state index in [1.54, 1.807) is 0 Å². The van der Waals surface area contributed by atoms with Crippen LogP contribution >= 0.6 is 11.6 Å². The summed E-state index contributed by atoms with van der Waals surface area (Å²) >= 11 is 6.54. The Balaban J connectivity index is 1.23. The third-order valence-corrected chi connectivity index (χ3v) is 8.02. The number of nitrogens with one attached hydrogen (secondary N) is 1. The number of amides is 1. The highest BCUT2D eigenvalue weighted by molar-refractivity contribution is 6.32. The summed E-state index contributed by atoms with van der Waals surface area (Å²) in [5.74, 6) is 0.317. The number of anilines is 1. The highest BCUT2D eigenvalue weighted by Crippen LogP contribution is 2.30. The molecule has 1 unspecified atom stereocenters. The third kappa shape index (κ3) is 5.92. The Morgan fingerprint density at radius 1 is 0.925 bits per heavy atom. The topological polar surface area (TPSA) is 73.6 Å². The van der Waals surface area contributed by atoms with E-state index in [1.165, 1.54) is 16.8 Å². The maximum atomic E-state index is 13.3. The van der Waals surface area contributed by atoms with Gasteiger partial charge in [-0.1, -0.05) is 66.2 Å². The van der Waals surface area contributed by atoms with Gasteiger partial charge in [0.1, 0.15) is 11.5 Å². The minimum absolute atomic E-state index is 0.148. The highest BCUT2D eigenvalue weighted by Gasteiger charge is 2.24. The first-order valence-electron chi connectivity index (χ1n) is 13.7. The summed E-state index contributed by atoms with van der Waals surface area (Å²) in [5.41, 5.74) is 6.54. The van der Waals surface area contributed by atoms with Crippen molar-refractivity contribution in [2.75, 3.05) is 44.2 Å². The first-order valence-corrected chi connectivity index (χ1v) is 14.1. The Morgan fingerprint density at radius 3 is 2.33 bits per heavy atom. The number of piperazine rings is 1. The van der Waals surface area contributed by atoms with E-state index in [0.717, 1.165) is 37.4 Å². The smallest absolute Gasteiger partial charge is 0.271 e. The van der Waals surface area contributed by atoms with Gasteiger partial charge in [0.05, 0.1) is 22.5 Å². The van der Waals surface area contributed by atoms with Crippen LogP contribution in [0.1, 0.15) is 27.3 Å². The Hall–Kier alpha value is -3.65. The van der Waals surface area contributed by atoms with Gasteiger partial charge in [0.2, 0.25) is 0 Å². The molecule has 8 heteroatoms. The van der Waals surface area contributed by atoms with Crippen LogP contribution in [0.25, 0.3) is 17.1 Å². The lowest BCUT2D eigenvalue weighted by Crippen LogP contribution is -2.50. The van der Waals surface area contributed by atoms with Crippen molar-refractivity contribution < 1.29 is 9.90 Å². The second-order valence-electron chi connectivity index (χ2n) is 10.4. The van der Waals surface area contributed by atoms with Gasteiger partial charge in [0.15, 0.2) is 0 Å². The predicted molar refractivity (Wildman–Crippen MR) is 162 cm³/mol. The van der Waals surface area contributed by atoms with Crippen LogP contribution in [0, 0.1) is 20.8 Å². The first kappa shape index (κ1) is 27.9. The lowest BCUT2D eigenvalue weighted by atomic mass is 10.1. The molecule has 5 rings (SSSR count). The number of aryl methyl sites for hydroxylation is 1. The van der Waals surface area contributed by atoms with Crippen molar-refractivity contribution in [3.05, 3.63) is 100 Å². The molecule has 208 valence electrons. The molecule has 1 amide bonds. The number of aliphatic hydroxyl groups excluding tert-OH is 1. The maximum absolute atomic E-state index is 13.3. The number of halogens is 1. The van der Waals surface area contributed by atoms with Gasteiger partial charge in [-0.15, -0.1) is 0 Å². The predicted octanol–water partition coefficient (Wildman–Crippen LogP) is 5.03. The number of carbonyl (C=O) groups is 1. The van der Waals surface area contributed by atoms with Gasteiger partial charge in [-0.05, 0) is 50.1 Å². The van der Waals surface area contributed by atoms with Crippen molar-refractivity contribution in [2.24, 2.45) is 0 Å².